The van der Waals surface area contributed by atoms with Crippen LogP contribution in [0.25, 0.3) is 0 Å². The van der Waals surface area contributed by atoms with Crippen LogP contribution in [-0.4, -0.2) is 23.3 Å². The molecule has 0 saturated carbocycles. The summed E-state index contributed by atoms with van der Waals surface area (Å²) in [7, 11) is 0. The van der Waals surface area contributed by atoms with E-state index in [-0.39, 0.29) is 0 Å². The fourth-order valence-corrected chi connectivity index (χ4v) is 1.62. The van der Waals surface area contributed by atoms with E-state index in [9.17, 15) is 0 Å². The van der Waals surface area contributed by atoms with Gasteiger partial charge in [0.15, 0.2) is 10.2 Å². The number of hydrogen-bond acceptors (Lipinski definition) is 2. The minimum atomic E-state index is 0.479. The topological polar surface area (TPSA) is 48.1 Å². The van der Waals surface area contributed by atoms with Crippen molar-refractivity contribution in [2.24, 2.45) is 0 Å². The lowest BCUT2D eigenvalue weighted by atomic mass is 10.1. The molecule has 0 amide bonds. The van der Waals surface area contributed by atoms with Gasteiger partial charge in [0.25, 0.3) is 0 Å². The molecule has 4 nitrogen and oxygen atoms in total. The number of hydrazine groups is 1. The van der Waals surface area contributed by atoms with Crippen LogP contribution in [0.15, 0.2) is 43.0 Å². The van der Waals surface area contributed by atoms with Gasteiger partial charge in [0.05, 0.1) is 0 Å². The monoisotopic (exact) mass is 294 g/mol. The van der Waals surface area contributed by atoms with Gasteiger partial charge in [-0.25, -0.2) is 0 Å². The van der Waals surface area contributed by atoms with Crippen molar-refractivity contribution < 1.29 is 0 Å². The van der Waals surface area contributed by atoms with E-state index >= 15 is 0 Å². The molecule has 6 heteroatoms. The van der Waals surface area contributed by atoms with E-state index in [2.05, 4.69) is 40.2 Å². The van der Waals surface area contributed by atoms with Crippen molar-refractivity contribution >= 4 is 34.7 Å². The van der Waals surface area contributed by atoms with E-state index in [1.165, 1.54) is 5.56 Å². The first-order valence-corrected chi connectivity index (χ1v) is 6.76. The van der Waals surface area contributed by atoms with Crippen molar-refractivity contribution in [2.75, 3.05) is 13.1 Å². The molecule has 4 N–H and O–H groups in total. The van der Waals surface area contributed by atoms with Gasteiger partial charge < -0.3 is 10.6 Å². The van der Waals surface area contributed by atoms with Crippen LogP contribution in [0.3, 0.4) is 0 Å². The van der Waals surface area contributed by atoms with Crippen molar-refractivity contribution in [1.82, 2.24) is 21.5 Å². The Kier molecular flexibility index (Phi) is 7.53. The Bertz CT molecular complexity index is 420. The van der Waals surface area contributed by atoms with E-state index in [0.717, 1.165) is 13.0 Å². The molecule has 0 atom stereocenters. The van der Waals surface area contributed by atoms with E-state index in [1.807, 2.05) is 18.2 Å². The van der Waals surface area contributed by atoms with Crippen molar-refractivity contribution in [1.29, 1.82) is 0 Å². The Balaban J connectivity index is 2.11. The van der Waals surface area contributed by atoms with Crippen LogP contribution in [0.1, 0.15) is 5.56 Å². The van der Waals surface area contributed by atoms with E-state index in [1.54, 1.807) is 6.08 Å². The minimum absolute atomic E-state index is 0.479. The first-order chi connectivity index (χ1) is 9.22. The third-order valence-electron chi connectivity index (χ3n) is 2.24. The second-order valence-electron chi connectivity index (χ2n) is 3.74. The summed E-state index contributed by atoms with van der Waals surface area (Å²) in [5.74, 6) is 0. The zero-order valence-electron chi connectivity index (χ0n) is 10.6. The van der Waals surface area contributed by atoms with E-state index < -0.39 is 0 Å². The summed E-state index contributed by atoms with van der Waals surface area (Å²) in [5, 5.41) is 7.01. The lowest BCUT2D eigenvalue weighted by Crippen LogP contribution is -2.50. The standard InChI is InChI=1S/C13H18N4S2/c1-2-9-14-12(18)16-17-13(19)15-10-8-11-6-4-3-5-7-11/h2-7H,1,8-10H2,(H2,14,16,18)(H2,15,17,19). The van der Waals surface area contributed by atoms with Crippen LogP contribution < -0.4 is 21.5 Å². The van der Waals surface area contributed by atoms with Gasteiger partial charge in [-0.3, -0.25) is 10.9 Å². The Labute approximate surface area is 124 Å². The summed E-state index contributed by atoms with van der Waals surface area (Å²) in [6.07, 6.45) is 2.65. The summed E-state index contributed by atoms with van der Waals surface area (Å²) in [6, 6.07) is 10.2. The summed E-state index contributed by atoms with van der Waals surface area (Å²) in [5.41, 5.74) is 6.87. The summed E-state index contributed by atoms with van der Waals surface area (Å²) < 4.78 is 0. The van der Waals surface area contributed by atoms with Crippen molar-refractivity contribution in [3.8, 4) is 0 Å². The first kappa shape index (κ1) is 15.4. The lowest BCUT2D eigenvalue weighted by molar-refractivity contribution is 0.779. The van der Waals surface area contributed by atoms with Crippen LogP contribution in [0.2, 0.25) is 0 Å². The highest BCUT2D eigenvalue weighted by Crippen LogP contribution is 1.97. The van der Waals surface area contributed by atoms with Gasteiger partial charge in [0, 0.05) is 13.1 Å². The molecule has 0 aliphatic carbocycles. The molecule has 0 aliphatic rings. The van der Waals surface area contributed by atoms with Crippen LogP contribution in [0.4, 0.5) is 0 Å². The second kappa shape index (κ2) is 9.29. The zero-order chi connectivity index (χ0) is 13.9. The van der Waals surface area contributed by atoms with Gasteiger partial charge in [-0.2, -0.15) is 0 Å². The molecule has 1 aromatic rings. The number of nitrogens with one attached hydrogen (secondary N) is 4. The molecule has 0 aliphatic heterocycles. The molecule has 0 aromatic heterocycles. The Hall–Kier alpha value is -1.66. The zero-order valence-corrected chi connectivity index (χ0v) is 12.2. The summed E-state index contributed by atoms with van der Waals surface area (Å²) in [4.78, 5) is 0. The molecule has 0 saturated heterocycles. The predicted molar refractivity (Wildman–Crippen MR) is 87.8 cm³/mol. The third-order valence-corrected chi connectivity index (χ3v) is 2.73. The minimum Gasteiger partial charge on any atom is -0.361 e. The molecule has 0 heterocycles. The Morgan fingerprint density at radius 1 is 1.05 bits per heavy atom. The first-order valence-electron chi connectivity index (χ1n) is 5.95. The largest absolute Gasteiger partial charge is 0.361 e. The summed E-state index contributed by atoms with van der Waals surface area (Å²) >= 11 is 10.1. The molecule has 1 rings (SSSR count). The molecule has 102 valence electrons. The van der Waals surface area contributed by atoms with Gasteiger partial charge in [-0.05, 0) is 36.4 Å². The Morgan fingerprint density at radius 2 is 1.68 bits per heavy atom. The average molecular weight is 294 g/mol. The average Bonchev–Trinajstić information content (AvgIpc) is 2.44. The molecular formula is C13H18N4S2. The Morgan fingerprint density at radius 3 is 2.32 bits per heavy atom. The number of hydrogen-bond donors (Lipinski definition) is 4. The number of rotatable bonds is 5. The van der Waals surface area contributed by atoms with Crippen LogP contribution in [0, 0.1) is 0 Å². The molecule has 0 fully saturated rings. The smallest absolute Gasteiger partial charge is 0.185 e. The van der Waals surface area contributed by atoms with E-state index in [4.69, 9.17) is 24.4 Å². The number of benzene rings is 1. The molecular weight excluding hydrogens is 276 g/mol. The second-order valence-corrected chi connectivity index (χ2v) is 4.56. The lowest BCUT2D eigenvalue weighted by Gasteiger charge is -2.13. The van der Waals surface area contributed by atoms with Crippen LogP contribution >= 0.6 is 24.4 Å². The van der Waals surface area contributed by atoms with Crippen LogP contribution in [0.5, 0.6) is 0 Å². The number of thiocarbonyl (C=S) groups is 2. The fourth-order valence-electron chi connectivity index (χ4n) is 1.33. The molecule has 0 spiro atoms. The van der Waals surface area contributed by atoms with Crippen LogP contribution in [-0.2, 0) is 6.42 Å². The highest BCUT2D eigenvalue weighted by atomic mass is 32.1. The van der Waals surface area contributed by atoms with Gasteiger partial charge in [0.1, 0.15) is 0 Å². The molecule has 0 unspecified atom stereocenters. The molecule has 0 radical (unpaired) electrons. The highest BCUT2D eigenvalue weighted by molar-refractivity contribution is 7.80. The van der Waals surface area contributed by atoms with Gasteiger partial charge >= 0.3 is 0 Å². The normalized spacial score (nSPS) is 9.26. The van der Waals surface area contributed by atoms with Crippen molar-refractivity contribution in [2.45, 2.75) is 6.42 Å². The van der Waals surface area contributed by atoms with Gasteiger partial charge in [0.2, 0.25) is 0 Å². The maximum absolute atomic E-state index is 5.11. The maximum atomic E-state index is 5.11. The molecule has 1 aromatic carbocycles. The van der Waals surface area contributed by atoms with E-state index in [0.29, 0.717) is 16.8 Å². The predicted octanol–water partition coefficient (Wildman–Crippen LogP) is 1.26. The van der Waals surface area contributed by atoms with Crippen molar-refractivity contribution in [3.05, 3.63) is 48.6 Å². The molecule has 19 heavy (non-hydrogen) atoms. The summed E-state index contributed by atoms with van der Waals surface area (Å²) in [6.45, 7) is 4.97. The van der Waals surface area contributed by atoms with Crippen molar-refractivity contribution in [3.63, 3.8) is 0 Å². The molecule has 0 bridgehead atoms. The highest BCUT2D eigenvalue weighted by Gasteiger charge is 1.97. The maximum Gasteiger partial charge on any atom is 0.185 e. The SMILES string of the molecule is C=CCNC(=S)NNC(=S)NCCc1ccccc1. The third kappa shape index (κ3) is 7.38. The fraction of sp³-hybridized carbons (Fsp3) is 0.231. The van der Waals surface area contributed by atoms with Gasteiger partial charge in [-0.15, -0.1) is 6.58 Å². The quantitative estimate of drug-likeness (QED) is 0.373. The van der Waals surface area contributed by atoms with Gasteiger partial charge in [-0.1, -0.05) is 36.4 Å².